The minimum absolute atomic E-state index is 0.0479. The maximum absolute atomic E-state index is 13.4. The van der Waals surface area contributed by atoms with Crippen LogP contribution in [0.3, 0.4) is 0 Å². The van der Waals surface area contributed by atoms with Crippen LogP contribution in [0.25, 0.3) is 0 Å². The number of aromatic nitrogens is 1. The van der Waals surface area contributed by atoms with Crippen LogP contribution >= 0.6 is 34.7 Å². The smallest absolute Gasteiger partial charge is 0.324 e. The number of rotatable bonds is 4. The molecule has 2 saturated carbocycles. The summed E-state index contributed by atoms with van der Waals surface area (Å²) in [5.41, 5.74) is -0.118. The van der Waals surface area contributed by atoms with Crippen molar-refractivity contribution in [2.45, 2.75) is 48.2 Å². The highest BCUT2D eigenvalue weighted by Crippen LogP contribution is 2.64. The molecule has 6 rings (SSSR count). The molecule has 36 heavy (non-hydrogen) atoms. The molecule has 0 saturated heterocycles. The maximum Gasteiger partial charge on any atom is 0.418 e. The van der Waals surface area contributed by atoms with Crippen molar-refractivity contribution in [2.75, 3.05) is 5.32 Å². The summed E-state index contributed by atoms with van der Waals surface area (Å²) < 4.78 is 41.6. The molecule has 2 aromatic carbocycles. The first-order valence-corrected chi connectivity index (χ1v) is 13.9. The van der Waals surface area contributed by atoms with Crippen molar-refractivity contribution in [3.8, 4) is 0 Å². The molecule has 3 aliphatic rings. The molecule has 2 aliphatic carbocycles. The van der Waals surface area contributed by atoms with E-state index in [1.165, 1.54) is 42.0 Å². The third-order valence-electron chi connectivity index (χ3n) is 7.73. The van der Waals surface area contributed by atoms with Gasteiger partial charge in [0.1, 0.15) is 6.54 Å². The Morgan fingerprint density at radius 3 is 2.56 bits per heavy atom. The summed E-state index contributed by atoms with van der Waals surface area (Å²) in [6.07, 6.45) is -1.05. The van der Waals surface area contributed by atoms with Gasteiger partial charge in [0.15, 0.2) is 0 Å². The van der Waals surface area contributed by atoms with Gasteiger partial charge in [-0.3, -0.25) is 14.2 Å². The fourth-order valence-corrected chi connectivity index (χ4v) is 9.58. The molecule has 1 aromatic heterocycles. The van der Waals surface area contributed by atoms with Crippen LogP contribution in [0.1, 0.15) is 41.2 Å². The molecule has 1 N–H and O–H groups in total. The fraction of sp³-hybridized carbons (Fsp3) is 0.385. The molecule has 2 heterocycles. The highest BCUT2D eigenvalue weighted by molar-refractivity contribution is 8.00. The molecule has 3 aromatic rings. The Morgan fingerprint density at radius 2 is 1.81 bits per heavy atom. The second-order valence-electron chi connectivity index (χ2n) is 9.74. The summed E-state index contributed by atoms with van der Waals surface area (Å²) >= 11 is 8.98. The van der Waals surface area contributed by atoms with Crippen LogP contribution in [-0.4, -0.2) is 15.7 Å². The Balaban J connectivity index is 1.35. The molecule has 188 valence electrons. The van der Waals surface area contributed by atoms with Crippen LogP contribution in [0.15, 0.2) is 58.4 Å². The van der Waals surface area contributed by atoms with E-state index in [1.807, 2.05) is 24.3 Å². The van der Waals surface area contributed by atoms with E-state index in [0.29, 0.717) is 28.0 Å². The first kappa shape index (κ1) is 24.1. The van der Waals surface area contributed by atoms with Crippen molar-refractivity contribution < 1.29 is 18.0 Å². The second-order valence-corrected chi connectivity index (χ2v) is 12.3. The lowest BCUT2D eigenvalue weighted by molar-refractivity contribution is -0.137. The Hall–Kier alpha value is -2.23. The fourth-order valence-electron chi connectivity index (χ4n) is 6.30. The van der Waals surface area contributed by atoms with Gasteiger partial charge in [0, 0.05) is 21.1 Å². The highest BCUT2D eigenvalue weighted by atomic mass is 35.5. The van der Waals surface area contributed by atoms with Crippen molar-refractivity contribution in [3.63, 3.8) is 0 Å². The van der Waals surface area contributed by atoms with Gasteiger partial charge in [0.25, 0.3) is 0 Å². The Kier molecular flexibility index (Phi) is 6.00. The second kappa shape index (κ2) is 8.96. The number of alkyl halides is 3. The van der Waals surface area contributed by atoms with Crippen molar-refractivity contribution in [1.29, 1.82) is 0 Å². The summed E-state index contributed by atoms with van der Waals surface area (Å²) in [6, 6.07) is 12.6. The zero-order chi connectivity index (χ0) is 25.2. The van der Waals surface area contributed by atoms with Gasteiger partial charge in [-0.05, 0) is 66.8 Å². The van der Waals surface area contributed by atoms with Crippen LogP contribution in [-0.2, 0) is 17.5 Å². The van der Waals surface area contributed by atoms with Gasteiger partial charge in [-0.1, -0.05) is 47.2 Å². The summed E-state index contributed by atoms with van der Waals surface area (Å²) in [5, 5.41) is 4.15. The number of carbonyl (C=O) groups excluding carboxylic acids is 1. The zero-order valence-corrected chi connectivity index (χ0v) is 21.3. The lowest BCUT2D eigenvalue weighted by Crippen LogP contribution is -2.34. The van der Waals surface area contributed by atoms with Gasteiger partial charge in [0.05, 0.1) is 16.3 Å². The first-order valence-electron chi connectivity index (χ1n) is 11.8. The maximum atomic E-state index is 13.4. The summed E-state index contributed by atoms with van der Waals surface area (Å²) in [7, 11) is 0. The largest absolute Gasteiger partial charge is 0.418 e. The first-order chi connectivity index (χ1) is 17.2. The Labute approximate surface area is 218 Å². The number of para-hydroxylation sites is 1. The normalized spacial score (nSPS) is 26.5. The third-order valence-corrected chi connectivity index (χ3v) is 10.8. The number of anilines is 1. The van der Waals surface area contributed by atoms with E-state index in [2.05, 4.69) is 5.32 Å². The van der Waals surface area contributed by atoms with E-state index in [9.17, 15) is 22.8 Å². The molecular formula is C26H22ClF3N2O2S2. The van der Waals surface area contributed by atoms with E-state index < -0.39 is 17.6 Å². The number of benzene rings is 2. The molecule has 1 aliphatic heterocycles. The predicted molar refractivity (Wildman–Crippen MR) is 136 cm³/mol. The lowest BCUT2D eigenvalue weighted by atomic mass is 9.75. The molecule has 1 amide bonds. The van der Waals surface area contributed by atoms with Gasteiger partial charge < -0.3 is 5.32 Å². The number of hydrogen-bond donors (Lipinski definition) is 1. The molecule has 5 atom stereocenters. The molecule has 0 unspecified atom stereocenters. The van der Waals surface area contributed by atoms with Crippen LogP contribution in [0.4, 0.5) is 18.9 Å². The van der Waals surface area contributed by atoms with Crippen molar-refractivity contribution in [2.24, 2.45) is 17.8 Å². The standard InChI is InChI=1S/C26H22ClF3N2O2S2/c27-16-9-7-13(8-10-16)20-21-14-5-6-15(11-14)22(21)35-24-23(20)36-25(34)32(24)12-19(33)31-18-4-2-1-3-17(18)26(28,29)30/h1-4,7-10,14-15,20-22H,5-6,11-12H2,(H,31,33)/t14-,15-,20+,21-,22+/m0/s1. The molecule has 2 fully saturated rings. The summed E-state index contributed by atoms with van der Waals surface area (Å²) in [6.45, 7) is -0.331. The predicted octanol–water partition coefficient (Wildman–Crippen LogP) is 6.87. The van der Waals surface area contributed by atoms with Crippen molar-refractivity contribution in [1.82, 2.24) is 4.57 Å². The van der Waals surface area contributed by atoms with Crippen LogP contribution in [0.5, 0.6) is 0 Å². The molecule has 0 radical (unpaired) electrons. The minimum atomic E-state index is -4.60. The topological polar surface area (TPSA) is 51.1 Å². The lowest BCUT2D eigenvalue weighted by Gasteiger charge is -2.40. The van der Waals surface area contributed by atoms with Crippen molar-refractivity contribution in [3.05, 3.63) is 79.2 Å². The minimum Gasteiger partial charge on any atom is -0.324 e. The zero-order valence-electron chi connectivity index (χ0n) is 18.9. The number of nitrogens with one attached hydrogen (secondary N) is 1. The molecule has 0 spiro atoms. The average molecular weight is 551 g/mol. The van der Waals surface area contributed by atoms with Crippen molar-refractivity contribution >= 4 is 46.3 Å². The molecular weight excluding hydrogens is 529 g/mol. The van der Waals surface area contributed by atoms with Gasteiger partial charge in [-0.15, -0.1) is 11.8 Å². The Bertz CT molecular complexity index is 1390. The van der Waals surface area contributed by atoms with E-state index in [4.69, 9.17) is 11.6 Å². The molecule has 10 heteroatoms. The summed E-state index contributed by atoms with van der Waals surface area (Å²) in [5.74, 6) is 0.986. The van der Waals surface area contributed by atoms with Crippen LogP contribution in [0, 0.1) is 17.8 Å². The quantitative estimate of drug-likeness (QED) is 0.385. The number of nitrogens with zero attached hydrogens (tertiary/aromatic N) is 1. The monoisotopic (exact) mass is 550 g/mol. The molecule has 2 bridgehead atoms. The van der Waals surface area contributed by atoms with E-state index in [0.717, 1.165) is 32.9 Å². The number of thioether (sulfide) groups is 1. The average Bonchev–Trinajstić information content (AvgIpc) is 3.52. The summed E-state index contributed by atoms with van der Waals surface area (Å²) in [4.78, 5) is 26.7. The highest BCUT2D eigenvalue weighted by Gasteiger charge is 2.55. The van der Waals surface area contributed by atoms with Crippen LogP contribution < -0.4 is 10.2 Å². The number of carbonyl (C=O) groups is 1. The van der Waals surface area contributed by atoms with Gasteiger partial charge in [-0.25, -0.2) is 0 Å². The number of amides is 1. The van der Waals surface area contributed by atoms with E-state index in [-0.39, 0.29) is 23.0 Å². The Morgan fingerprint density at radius 1 is 1.08 bits per heavy atom. The third kappa shape index (κ3) is 4.09. The van der Waals surface area contributed by atoms with Gasteiger partial charge >= 0.3 is 11.0 Å². The number of hydrogen-bond acceptors (Lipinski definition) is 4. The molecule has 4 nitrogen and oxygen atoms in total. The van der Waals surface area contributed by atoms with Crippen LogP contribution in [0.2, 0.25) is 5.02 Å². The number of thiazole rings is 1. The van der Waals surface area contributed by atoms with E-state index >= 15 is 0 Å². The SMILES string of the molecule is O=C(Cn1c2c(sc1=O)[C@H](c1ccc(Cl)cc1)[C@@H]1[C@H]3CC[C@@H](C3)[C@H]1S2)Nc1ccccc1C(F)(F)F. The van der Waals surface area contributed by atoms with Gasteiger partial charge in [0.2, 0.25) is 5.91 Å². The number of halogens is 4. The van der Waals surface area contributed by atoms with Gasteiger partial charge in [-0.2, -0.15) is 13.2 Å². The number of fused-ring (bicyclic) bond motifs is 6. The van der Waals surface area contributed by atoms with E-state index in [1.54, 1.807) is 11.8 Å².